The summed E-state index contributed by atoms with van der Waals surface area (Å²) in [7, 11) is 0. The first-order valence-electron chi connectivity index (χ1n) is 4.09. The van der Waals surface area contributed by atoms with Crippen LogP contribution in [0.2, 0.25) is 0 Å². The van der Waals surface area contributed by atoms with Crippen molar-refractivity contribution in [3.63, 3.8) is 0 Å². The highest BCUT2D eigenvalue weighted by Crippen LogP contribution is 2.31. The Bertz CT molecular complexity index is 134. The summed E-state index contributed by atoms with van der Waals surface area (Å²) in [6.07, 6.45) is 3.71. The summed E-state index contributed by atoms with van der Waals surface area (Å²) in [4.78, 5) is 1.81. The molecule has 11 heavy (non-hydrogen) atoms. The molecule has 3 heteroatoms. The number of piperidine rings is 1. The Kier molecular flexibility index (Phi) is 3.07. The third-order valence-electron chi connectivity index (χ3n) is 2.45. The third kappa shape index (κ3) is 2.24. The number of hydrogen-bond acceptors (Lipinski definition) is 1. The van der Waals surface area contributed by atoms with E-state index in [-0.39, 0.29) is 10.5 Å². The molecule has 0 aliphatic carbocycles. The van der Waals surface area contributed by atoms with E-state index in [1.165, 1.54) is 19.3 Å². The third-order valence-corrected chi connectivity index (χ3v) is 2.92. The predicted octanol–water partition coefficient (Wildman–Crippen LogP) is 3.01. The summed E-state index contributed by atoms with van der Waals surface area (Å²) in [5.41, 5.74) is 0.187. The van der Waals surface area contributed by atoms with Gasteiger partial charge in [0.1, 0.15) is 0 Å². The van der Waals surface area contributed by atoms with Crippen LogP contribution >= 0.6 is 23.2 Å². The van der Waals surface area contributed by atoms with Crippen LogP contribution in [-0.2, 0) is 0 Å². The van der Waals surface area contributed by atoms with Gasteiger partial charge < -0.3 is 0 Å². The standard InChI is InChI=1S/C8H15Cl2N/c1-8(2)5-3-4-6-11(8)7(9)10/h7H,3-6H2,1-2H3. The second-order valence-electron chi connectivity index (χ2n) is 3.74. The zero-order valence-electron chi connectivity index (χ0n) is 7.11. The second-order valence-corrected chi connectivity index (χ2v) is 4.79. The molecule has 66 valence electrons. The zero-order chi connectivity index (χ0) is 8.48. The molecule has 1 aliphatic heterocycles. The van der Waals surface area contributed by atoms with Gasteiger partial charge in [-0.2, -0.15) is 0 Å². The van der Waals surface area contributed by atoms with Crippen molar-refractivity contribution >= 4 is 23.2 Å². The summed E-state index contributed by atoms with van der Waals surface area (Å²) in [6, 6.07) is 0. The van der Waals surface area contributed by atoms with Crippen molar-refractivity contribution in [2.24, 2.45) is 0 Å². The molecule has 0 amide bonds. The number of likely N-dealkylation sites (tertiary alicyclic amines) is 1. The van der Waals surface area contributed by atoms with Crippen LogP contribution in [-0.4, -0.2) is 21.9 Å². The summed E-state index contributed by atoms with van der Waals surface area (Å²) < 4.78 is 0. The molecular weight excluding hydrogens is 181 g/mol. The summed E-state index contributed by atoms with van der Waals surface area (Å²) in [5, 5.41) is 0. The molecule has 1 nitrogen and oxygen atoms in total. The van der Waals surface area contributed by atoms with Crippen LogP contribution < -0.4 is 0 Å². The highest BCUT2D eigenvalue weighted by Gasteiger charge is 2.32. The van der Waals surface area contributed by atoms with E-state index < -0.39 is 0 Å². The van der Waals surface area contributed by atoms with Crippen LogP contribution in [0.25, 0.3) is 0 Å². The quantitative estimate of drug-likeness (QED) is 0.460. The van der Waals surface area contributed by atoms with E-state index in [0.717, 1.165) is 6.54 Å². The van der Waals surface area contributed by atoms with E-state index >= 15 is 0 Å². The molecule has 0 unspecified atom stereocenters. The molecule has 1 fully saturated rings. The molecule has 1 heterocycles. The Balaban J connectivity index is 2.60. The largest absolute Gasteiger partial charge is 0.270 e. The molecule has 0 aromatic heterocycles. The van der Waals surface area contributed by atoms with E-state index in [9.17, 15) is 0 Å². The van der Waals surface area contributed by atoms with Crippen molar-refractivity contribution in [1.82, 2.24) is 4.90 Å². The smallest absolute Gasteiger partial charge is 0.161 e. The van der Waals surface area contributed by atoms with Crippen LogP contribution in [0.5, 0.6) is 0 Å². The van der Waals surface area contributed by atoms with E-state index in [0.29, 0.717) is 0 Å². The van der Waals surface area contributed by atoms with Gasteiger partial charge in [-0.25, -0.2) is 0 Å². The van der Waals surface area contributed by atoms with E-state index in [4.69, 9.17) is 23.2 Å². The summed E-state index contributed by atoms with van der Waals surface area (Å²) in [6.45, 7) is 5.43. The number of hydrogen-bond donors (Lipinski definition) is 0. The lowest BCUT2D eigenvalue weighted by Crippen LogP contribution is -2.49. The zero-order valence-corrected chi connectivity index (χ0v) is 8.62. The minimum absolute atomic E-state index is 0.187. The number of alkyl halides is 2. The van der Waals surface area contributed by atoms with Crippen LogP contribution in [0, 0.1) is 0 Å². The van der Waals surface area contributed by atoms with Crippen molar-refractivity contribution in [1.29, 1.82) is 0 Å². The van der Waals surface area contributed by atoms with E-state index in [2.05, 4.69) is 18.7 Å². The van der Waals surface area contributed by atoms with Gasteiger partial charge in [0.2, 0.25) is 0 Å². The maximum Gasteiger partial charge on any atom is 0.161 e. The van der Waals surface area contributed by atoms with Crippen LogP contribution in [0.4, 0.5) is 0 Å². The molecule has 1 aliphatic rings. The Morgan fingerprint density at radius 1 is 1.27 bits per heavy atom. The number of halogens is 2. The highest BCUT2D eigenvalue weighted by molar-refractivity contribution is 6.43. The first-order chi connectivity index (χ1) is 5.04. The molecule has 1 rings (SSSR count). The van der Waals surface area contributed by atoms with Gasteiger partial charge in [-0.3, -0.25) is 4.90 Å². The van der Waals surface area contributed by atoms with Crippen molar-refractivity contribution < 1.29 is 0 Å². The van der Waals surface area contributed by atoms with Gasteiger partial charge in [0.25, 0.3) is 0 Å². The lowest BCUT2D eigenvalue weighted by atomic mass is 9.91. The highest BCUT2D eigenvalue weighted by atomic mass is 35.5. The Morgan fingerprint density at radius 3 is 2.27 bits per heavy atom. The van der Waals surface area contributed by atoms with Gasteiger partial charge in [-0.05, 0) is 26.7 Å². The predicted molar refractivity (Wildman–Crippen MR) is 50.1 cm³/mol. The molecule has 0 aromatic carbocycles. The van der Waals surface area contributed by atoms with Gasteiger partial charge in [0, 0.05) is 12.1 Å². The molecule has 0 saturated carbocycles. The number of nitrogens with zero attached hydrogens (tertiary/aromatic N) is 1. The Labute approximate surface area is 78.7 Å². The van der Waals surface area contributed by atoms with Gasteiger partial charge in [0.15, 0.2) is 4.96 Å². The van der Waals surface area contributed by atoms with Gasteiger partial charge in [0.05, 0.1) is 0 Å². The minimum Gasteiger partial charge on any atom is -0.270 e. The van der Waals surface area contributed by atoms with Crippen LogP contribution in [0.15, 0.2) is 0 Å². The van der Waals surface area contributed by atoms with Crippen molar-refractivity contribution in [3.8, 4) is 0 Å². The average molecular weight is 196 g/mol. The second kappa shape index (κ2) is 3.51. The normalized spacial score (nSPS) is 25.9. The molecule has 1 saturated heterocycles. The maximum atomic E-state index is 5.83. The van der Waals surface area contributed by atoms with Crippen molar-refractivity contribution in [2.75, 3.05) is 6.54 Å². The molecule has 0 spiro atoms. The van der Waals surface area contributed by atoms with Gasteiger partial charge in [-0.15, -0.1) is 0 Å². The van der Waals surface area contributed by atoms with E-state index in [1.807, 2.05) is 0 Å². The van der Waals surface area contributed by atoms with Gasteiger partial charge in [-0.1, -0.05) is 29.6 Å². The molecular formula is C8H15Cl2N. The van der Waals surface area contributed by atoms with E-state index in [1.54, 1.807) is 0 Å². The molecule has 0 aromatic rings. The lowest BCUT2D eigenvalue weighted by molar-refractivity contribution is 0.0864. The Hall–Kier alpha value is 0.540. The molecule has 0 radical (unpaired) electrons. The number of rotatable bonds is 1. The van der Waals surface area contributed by atoms with Crippen molar-refractivity contribution in [2.45, 2.75) is 43.6 Å². The topological polar surface area (TPSA) is 3.24 Å². The molecule has 0 N–H and O–H groups in total. The van der Waals surface area contributed by atoms with Crippen LogP contribution in [0.3, 0.4) is 0 Å². The first kappa shape index (κ1) is 9.63. The molecule has 0 bridgehead atoms. The lowest BCUT2D eigenvalue weighted by Gasteiger charge is -2.43. The Morgan fingerprint density at radius 2 is 1.91 bits per heavy atom. The summed E-state index contributed by atoms with van der Waals surface area (Å²) in [5.74, 6) is 0. The maximum absolute atomic E-state index is 5.83. The molecule has 0 atom stereocenters. The monoisotopic (exact) mass is 195 g/mol. The average Bonchev–Trinajstić information content (AvgIpc) is 1.85. The fourth-order valence-corrected chi connectivity index (χ4v) is 2.37. The summed E-state index contributed by atoms with van der Waals surface area (Å²) >= 11 is 11.7. The van der Waals surface area contributed by atoms with Crippen LogP contribution in [0.1, 0.15) is 33.1 Å². The first-order valence-corrected chi connectivity index (χ1v) is 4.96. The fraction of sp³-hybridized carbons (Fsp3) is 1.00. The SMILES string of the molecule is CC1(C)CCCCN1C(Cl)Cl. The minimum atomic E-state index is -0.342. The fourth-order valence-electron chi connectivity index (χ4n) is 1.65. The van der Waals surface area contributed by atoms with Gasteiger partial charge >= 0.3 is 0 Å². The van der Waals surface area contributed by atoms with Crippen molar-refractivity contribution in [3.05, 3.63) is 0 Å².